The van der Waals surface area contributed by atoms with Crippen molar-refractivity contribution in [3.8, 4) is 0 Å². The lowest BCUT2D eigenvalue weighted by Gasteiger charge is -2.21. The minimum atomic E-state index is 0.561. The van der Waals surface area contributed by atoms with Crippen LogP contribution in [0.5, 0.6) is 0 Å². The Hall–Kier alpha value is 0.270. The molecule has 0 aromatic carbocycles. The maximum atomic E-state index is 5.79. The van der Waals surface area contributed by atoms with Gasteiger partial charge in [0.1, 0.15) is 0 Å². The van der Waals surface area contributed by atoms with Gasteiger partial charge in [-0.15, -0.1) is 0 Å². The summed E-state index contributed by atoms with van der Waals surface area (Å²) in [6, 6.07) is 0. The van der Waals surface area contributed by atoms with E-state index in [0.717, 1.165) is 19.7 Å². The van der Waals surface area contributed by atoms with Gasteiger partial charge in [0, 0.05) is 18.8 Å². The first-order chi connectivity index (χ1) is 6.93. The third-order valence-electron chi connectivity index (χ3n) is 2.67. The molecular formula is C11H23NOS. The second kappa shape index (κ2) is 8.57. The minimum absolute atomic E-state index is 0.561. The third-order valence-corrected chi connectivity index (χ3v) is 3.28. The average molecular weight is 217 g/mol. The Bertz CT molecular complexity index is 126. The lowest BCUT2D eigenvalue weighted by molar-refractivity contribution is 0.0305. The van der Waals surface area contributed by atoms with E-state index < -0.39 is 0 Å². The molecule has 3 heteroatoms. The van der Waals surface area contributed by atoms with Gasteiger partial charge in [0.15, 0.2) is 0 Å². The van der Waals surface area contributed by atoms with Gasteiger partial charge in [-0.1, -0.05) is 19.3 Å². The molecule has 0 bridgehead atoms. The molecule has 0 heterocycles. The number of thioether (sulfide) groups is 1. The van der Waals surface area contributed by atoms with Crippen molar-refractivity contribution >= 4 is 11.8 Å². The summed E-state index contributed by atoms with van der Waals surface area (Å²) in [5.41, 5.74) is 0. The lowest BCUT2D eigenvalue weighted by Crippen LogP contribution is -2.25. The molecular weight excluding hydrogens is 194 g/mol. The zero-order valence-corrected chi connectivity index (χ0v) is 10.1. The average Bonchev–Trinajstić information content (AvgIpc) is 2.25. The molecule has 0 unspecified atom stereocenters. The SMILES string of the molecule is CSCCNCCOC1CCCCC1. The van der Waals surface area contributed by atoms with Crippen LogP contribution in [0, 0.1) is 0 Å². The molecule has 0 amide bonds. The van der Waals surface area contributed by atoms with Gasteiger partial charge < -0.3 is 10.1 Å². The van der Waals surface area contributed by atoms with Crippen LogP contribution in [0.3, 0.4) is 0 Å². The summed E-state index contributed by atoms with van der Waals surface area (Å²) in [7, 11) is 0. The van der Waals surface area contributed by atoms with Crippen molar-refractivity contribution in [3.63, 3.8) is 0 Å². The molecule has 1 saturated carbocycles. The molecule has 1 aliphatic rings. The maximum Gasteiger partial charge on any atom is 0.0594 e. The molecule has 1 N–H and O–H groups in total. The predicted molar refractivity (Wildman–Crippen MR) is 64.1 cm³/mol. The monoisotopic (exact) mass is 217 g/mol. The van der Waals surface area contributed by atoms with Crippen LogP contribution in [0.4, 0.5) is 0 Å². The molecule has 0 spiro atoms. The van der Waals surface area contributed by atoms with Gasteiger partial charge in [0.25, 0.3) is 0 Å². The number of ether oxygens (including phenoxy) is 1. The molecule has 1 fully saturated rings. The van der Waals surface area contributed by atoms with E-state index in [-0.39, 0.29) is 0 Å². The first-order valence-corrected chi connectivity index (χ1v) is 7.14. The summed E-state index contributed by atoms with van der Waals surface area (Å²) in [6.45, 7) is 3.01. The van der Waals surface area contributed by atoms with Crippen LogP contribution in [0.2, 0.25) is 0 Å². The summed E-state index contributed by atoms with van der Waals surface area (Å²) < 4.78 is 5.79. The van der Waals surface area contributed by atoms with Gasteiger partial charge >= 0.3 is 0 Å². The fourth-order valence-electron chi connectivity index (χ4n) is 1.83. The number of hydrogen-bond acceptors (Lipinski definition) is 3. The van der Waals surface area contributed by atoms with E-state index in [2.05, 4.69) is 11.6 Å². The lowest BCUT2D eigenvalue weighted by atomic mass is 9.98. The Kier molecular flexibility index (Phi) is 7.55. The molecule has 14 heavy (non-hydrogen) atoms. The van der Waals surface area contributed by atoms with Gasteiger partial charge in [-0.05, 0) is 19.1 Å². The highest BCUT2D eigenvalue weighted by Gasteiger charge is 2.12. The zero-order chi connectivity index (χ0) is 10.1. The molecule has 1 rings (SSSR count). The summed E-state index contributed by atoms with van der Waals surface area (Å²) in [5, 5.41) is 3.38. The van der Waals surface area contributed by atoms with Crippen LogP contribution in [0.1, 0.15) is 32.1 Å². The quantitative estimate of drug-likeness (QED) is 0.661. The van der Waals surface area contributed by atoms with E-state index in [4.69, 9.17) is 4.74 Å². The molecule has 0 saturated heterocycles. The topological polar surface area (TPSA) is 21.3 Å². The van der Waals surface area contributed by atoms with Crippen molar-refractivity contribution in [1.29, 1.82) is 0 Å². The van der Waals surface area contributed by atoms with Gasteiger partial charge in [-0.3, -0.25) is 0 Å². The summed E-state index contributed by atoms with van der Waals surface area (Å²) in [6.07, 6.45) is 9.41. The van der Waals surface area contributed by atoms with Crippen LogP contribution in [0.25, 0.3) is 0 Å². The Labute approximate surface area is 92.2 Å². The van der Waals surface area contributed by atoms with E-state index in [1.165, 1.54) is 37.9 Å². The molecule has 0 aromatic heterocycles. The van der Waals surface area contributed by atoms with Gasteiger partial charge in [-0.25, -0.2) is 0 Å². The first-order valence-electron chi connectivity index (χ1n) is 5.74. The van der Waals surface area contributed by atoms with E-state index >= 15 is 0 Å². The van der Waals surface area contributed by atoms with Crippen LogP contribution >= 0.6 is 11.8 Å². The Balaban J connectivity index is 1.82. The van der Waals surface area contributed by atoms with Crippen molar-refractivity contribution in [3.05, 3.63) is 0 Å². The highest BCUT2D eigenvalue weighted by atomic mass is 32.2. The Morgan fingerprint density at radius 2 is 2.00 bits per heavy atom. The number of rotatable bonds is 7. The van der Waals surface area contributed by atoms with Crippen LogP contribution in [-0.4, -0.2) is 37.8 Å². The van der Waals surface area contributed by atoms with E-state index in [1.807, 2.05) is 11.8 Å². The minimum Gasteiger partial charge on any atom is -0.377 e. The number of hydrogen-bond donors (Lipinski definition) is 1. The van der Waals surface area contributed by atoms with Crippen molar-refractivity contribution < 1.29 is 4.74 Å². The van der Waals surface area contributed by atoms with Gasteiger partial charge in [-0.2, -0.15) is 11.8 Å². The molecule has 0 aromatic rings. The fraction of sp³-hybridized carbons (Fsp3) is 1.00. The van der Waals surface area contributed by atoms with Gasteiger partial charge in [0.2, 0.25) is 0 Å². The highest BCUT2D eigenvalue weighted by Crippen LogP contribution is 2.19. The van der Waals surface area contributed by atoms with Crippen molar-refractivity contribution in [2.75, 3.05) is 31.7 Å². The second-order valence-electron chi connectivity index (χ2n) is 3.87. The molecule has 0 atom stereocenters. The van der Waals surface area contributed by atoms with Crippen LogP contribution < -0.4 is 5.32 Å². The summed E-state index contributed by atoms with van der Waals surface area (Å²) >= 11 is 1.88. The normalized spacial score (nSPS) is 18.6. The molecule has 2 nitrogen and oxygen atoms in total. The largest absolute Gasteiger partial charge is 0.377 e. The molecule has 84 valence electrons. The summed E-state index contributed by atoms with van der Waals surface area (Å²) in [4.78, 5) is 0. The standard InChI is InChI=1S/C11H23NOS/c1-14-10-8-12-7-9-13-11-5-3-2-4-6-11/h11-12H,2-10H2,1H3. The second-order valence-corrected chi connectivity index (χ2v) is 4.86. The zero-order valence-electron chi connectivity index (χ0n) is 9.26. The Morgan fingerprint density at radius 1 is 1.21 bits per heavy atom. The van der Waals surface area contributed by atoms with Gasteiger partial charge in [0.05, 0.1) is 12.7 Å². The molecule has 0 radical (unpaired) electrons. The third kappa shape index (κ3) is 5.89. The van der Waals surface area contributed by atoms with Crippen molar-refractivity contribution in [2.45, 2.75) is 38.2 Å². The summed E-state index contributed by atoms with van der Waals surface area (Å²) in [5.74, 6) is 1.20. The maximum absolute atomic E-state index is 5.79. The van der Waals surface area contributed by atoms with E-state index in [1.54, 1.807) is 0 Å². The number of nitrogens with one attached hydrogen (secondary N) is 1. The van der Waals surface area contributed by atoms with Crippen LogP contribution in [0.15, 0.2) is 0 Å². The van der Waals surface area contributed by atoms with Crippen molar-refractivity contribution in [1.82, 2.24) is 5.32 Å². The molecule has 0 aliphatic heterocycles. The Morgan fingerprint density at radius 3 is 2.71 bits per heavy atom. The van der Waals surface area contributed by atoms with E-state index in [9.17, 15) is 0 Å². The highest BCUT2D eigenvalue weighted by molar-refractivity contribution is 7.98. The van der Waals surface area contributed by atoms with Crippen LogP contribution in [-0.2, 0) is 4.74 Å². The fourth-order valence-corrected chi connectivity index (χ4v) is 2.18. The first kappa shape index (κ1) is 12.3. The predicted octanol–water partition coefficient (Wildman–Crippen LogP) is 2.29. The molecule has 1 aliphatic carbocycles. The van der Waals surface area contributed by atoms with Crippen molar-refractivity contribution in [2.24, 2.45) is 0 Å². The van der Waals surface area contributed by atoms with E-state index in [0.29, 0.717) is 6.10 Å². The smallest absolute Gasteiger partial charge is 0.0594 e.